The Kier molecular flexibility index (Phi) is 7.59. The second-order valence-corrected chi connectivity index (χ2v) is 5.62. The molecule has 1 fully saturated rings. The number of nitrogens with one attached hydrogen (secondary N) is 2. The molecule has 0 bridgehead atoms. The Morgan fingerprint density at radius 1 is 1.10 bits per heavy atom. The van der Waals surface area contributed by atoms with Gasteiger partial charge in [-0.3, -0.25) is 9.59 Å². The van der Waals surface area contributed by atoms with E-state index in [1.165, 1.54) is 6.42 Å². The molecule has 2 N–H and O–H groups in total. The van der Waals surface area contributed by atoms with Crippen molar-refractivity contribution in [2.24, 2.45) is 5.92 Å². The van der Waals surface area contributed by atoms with E-state index >= 15 is 0 Å². The van der Waals surface area contributed by atoms with Gasteiger partial charge in [0.2, 0.25) is 0 Å². The average molecular weight is 283 g/mol. The minimum atomic E-state index is -0.505. The second-order valence-electron chi connectivity index (χ2n) is 5.62. The molecule has 0 radical (unpaired) electrons. The van der Waals surface area contributed by atoms with Gasteiger partial charge >= 0.3 is 11.8 Å². The van der Waals surface area contributed by atoms with Crippen molar-refractivity contribution in [1.29, 1.82) is 0 Å². The van der Waals surface area contributed by atoms with Crippen molar-refractivity contribution in [2.75, 3.05) is 26.2 Å². The first-order valence-corrected chi connectivity index (χ1v) is 7.89. The van der Waals surface area contributed by atoms with Gasteiger partial charge in [0.05, 0.1) is 0 Å². The Morgan fingerprint density at radius 2 is 1.75 bits per heavy atom. The predicted molar refractivity (Wildman–Crippen MR) is 80.4 cm³/mol. The van der Waals surface area contributed by atoms with Gasteiger partial charge in [0.15, 0.2) is 0 Å². The van der Waals surface area contributed by atoms with Crippen LogP contribution in [-0.4, -0.2) is 48.9 Å². The number of carbonyl (C=O) groups excluding carboxylic acids is 2. The number of amides is 2. The number of nitrogens with zero attached hydrogens (tertiary/aromatic N) is 1. The first kappa shape index (κ1) is 17.0. The molecule has 1 aliphatic rings. The van der Waals surface area contributed by atoms with Gasteiger partial charge in [-0.1, -0.05) is 33.6 Å². The SMILES string of the molecule is CCN(CC)CCNC(=O)C(=O)NC1CCCCC1C. The minimum Gasteiger partial charge on any atom is -0.347 e. The minimum absolute atomic E-state index is 0.157. The lowest BCUT2D eigenvalue weighted by molar-refractivity contribution is -0.140. The van der Waals surface area contributed by atoms with Gasteiger partial charge in [-0.2, -0.15) is 0 Å². The molecule has 0 saturated heterocycles. The van der Waals surface area contributed by atoms with Gasteiger partial charge in [-0.05, 0) is 31.8 Å². The predicted octanol–water partition coefficient (Wildman–Crippen LogP) is 1.14. The van der Waals surface area contributed by atoms with Gasteiger partial charge in [0, 0.05) is 19.1 Å². The van der Waals surface area contributed by atoms with Gasteiger partial charge in [0.25, 0.3) is 0 Å². The number of rotatable bonds is 6. The lowest BCUT2D eigenvalue weighted by Crippen LogP contribution is -2.48. The van der Waals surface area contributed by atoms with E-state index in [1.54, 1.807) is 0 Å². The van der Waals surface area contributed by atoms with Crippen molar-refractivity contribution in [1.82, 2.24) is 15.5 Å². The molecule has 0 aromatic heterocycles. The lowest BCUT2D eigenvalue weighted by atomic mass is 9.86. The zero-order valence-corrected chi connectivity index (χ0v) is 13.1. The summed E-state index contributed by atoms with van der Waals surface area (Å²) in [6.45, 7) is 9.53. The summed E-state index contributed by atoms with van der Waals surface area (Å²) in [6, 6.07) is 0.157. The molecule has 116 valence electrons. The van der Waals surface area contributed by atoms with Crippen LogP contribution in [0.4, 0.5) is 0 Å². The molecule has 5 heteroatoms. The number of hydrogen-bond donors (Lipinski definition) is 2. The third-order valence-corrected chi connectivity index (χ3v) is 4.24. The normalized spacial score (nSPS) is 22.6. The first-order valence-electron chi connectivity index (χ1n) is 7.89. The summed E-state index contributed by atoms with van der Waals surface area (Å²) in [6.07, 6.45) is 4.48. The van der Waals surface area contributed by atoms with E-state index in [0.717, 1.165) is 38.9 Å². The van der Waals surface area contributed by atoms with Crippen LogP contribution in [0.3, 0.4) is 0 Å². The van der Waals surface area contributed by atoms with Crippen LogP contribution in [0.15, 0.2) is 0 Å². The average Bonchev–Trinajstić information content (AvgIpc) is 2.45. The molecule has 1 saturated carbocycles. The Labute approximate surface area is 122 Å². The smallest absolute Gasteiger partial charge is 0.309 e. The molecule has 0 aromatic carbocycles. The maximum atomic E-state index is 11.8. The molecule has 1 rings (SSSR count). The third-order valence-electron chi connectivity index (χ3n) is 4.24. The Morgan fingerprint density at radius 3 is 2.35 bits per heavy atom. The summed E-state index contributed by atoms with van der Waals surface area (Å²) in [5.41, 5.74) is 0. The molecule has 5 nitrogen and oxygen atoms in total. The van der Waals surface area contributed by atoms with Crippen molar-refractivity contribution in [3.05, 3.63) is 0 Å². The zero-order valence-electron chi connectivity index (χ0n) is 13.1. The van der Waals surface area contributed by atoms with E-state index in [0.29, 0.717) is 12.5 Å². The third kappa shape index (κ3) is 5.49. The molecule has 0 aliphatic heterocycles. The molecule has 20 heavy (non-hydrogen) atoms. The summed E-state index contributed by atoms with van der Waals surface area (Å²) < 4.78 is 0. The fraction of sp³-hybridized carbons (Fsp3) is 0.867. The highest BCUT2D eigenvalue weighted by Gasteiger charge is 2.25. The van der Waals surface area contributed by atoms with Crippen molar-refractivity contribution in [3.63, 3.8) is 0 Å². The van der Waals surface area contributed by atoms with Crippen molar-refractivity contribution in [3.8, 4) is 0 Å². The van der Waals surface area contributed by atoms with E-state index in [9.17, 15) is 9.59 Å². The largest absolute Gasteiger partial charge is 0.347 e. The topological polar surface area (TPSA) is 61.4 Å². The molecular weight excluding hydrogens is 254 g/mol. The summed E-state index contributed by atoms with van der Waals surface area (Å²) in [5, 5.41) is 5.56. The van der Waals surface area contributed by atoms with Crippen LogP contribution in [-0.2, 0) is 9.59 Å². The molecule has 2 unspecified atom stereocenters. The molecule has 0 heterocycles. The molecule has 2 amide bonds. The van der Waals surface area contributed by atoms with Crippen LogP contribution < -0.4 is 10.6 Å². The van der Waals surface area contributed by atoms with Crippen LogP contribution in [0.1, 0.15) is 46.5 Å². The van der Waals surface area contributed by atoms with Gasteiger partial charge in [-0.25, -0.2) is 0 Å². The van der Waals surface area contributed by atoms with Gasteiger partial charge in [-0.15, -0.1) is 0 Å². The molecule has 0 spiro atoms. The van der Waals surface area contributed by atoms with E-state index in [2.05, 4.69) is 36.3 Å². The maximum Gasteiger partial charge on any atom is 0.309 e. The Hall–Kier alpha value is -1.10. The van der Waals surface area contributed by atoms with E-state index < -0.39 is 11.8 Å². The quantitative estimate of drug-likeness (QED) is 0.719. The monoisotopic (exact) mass is 283 g/mol. The number of carbonyl (C=O) groups is 2. The highest BCUT2D eigenvalue weighted by Crippen LogP contribution is 2.23. The van der Waals surface area contributed by atoms with Crippen LogP contribution in [0.25, 0.3) is 0 Å². The lowest BCUT2D eigenvalue weighted by Gasteiger charge is -2.29. The van der Waals surface area contributed by atoms with Crippen molar-refractivity contribution >= 4 is 11.8 Å². The van der Waals surface area contributed by atoms with Crippen LogP contribution in [0, 0.1) is 5.92 Å². The fourth-order valence-corrected chi connectivity index (χ4v) is 2.71. The van der Waals surface area contributed by atoms with E-state index in [1.807, 2.05) is 0 Å². The van der Waals surface area contributed by atoms with Gasteiger partial charge < -0.3 is 15.5 Å². The molecule has 0 aromatic rings. The van der Waals surface area contributed by atoms with Crippen LogP contribution in [0.5, 0.6) is 0 Å². The Bertz CT molecular complexity index is 316. The maximum absolute atomic E-state index is 11.8. The zero-order chi connectivity index (χ0) is 15.0. The molecular formula is C15H29N3O2. The summed E-state index contributed by atoms with van der Waals surface area (Å²) in [5.74, 6) is -0.519. The summed E-state index contributed by atoms with van der Waals surface area (Å²) in [7, 11) is 0. The van der Waals surface area contributed by atoms with Crippen molar-refractivity contribution < 1.29 is 9.59 Å². The number of hydrogen-bond acceptors (Lipinski definition) is 3. The second kappa shape index (κ2) is 8.95. The van der Waals surface area contributed by atoms with Crippen LogP contribution >= 0.6 is 0 Å². The van der Waals surface area contributed by atoms with Crippen LogP contribution in [0.2, 0.25) is 0 Å². The van der Waals surface area contributed by atoms with E-state index in [4.69, 9.17) is 0 Å². The summed E-state index contributed by atoms with van der Waals surface area (Å²) >= 11 is 0. The fourth-order valence-electron chi connectivity index (χ4n) is 2.71. The van der Waals surface area contributed by atoms with E-state index in [-0.39, 0.29) is 6.04 Å². The Balaban J connectivity index is 2.26. The standard InChI is InChI=1S/C15H29N3O2/c1-4-18(5-2)11-10-16-14(19)15(20)17-13-9-7-6-8-12(13)3/h12-13H,4-11H2,1-3H3,(H,16,19)(H,17,20). The van der Waals surface area contributed by atoms with Crippen molar-refractivity contribution in [2.45, 2.75) is 52.5 Å². The highest BCUT2D eigenvalue weighted by atomic mass is 16.2. The van der Waals surface area contributed by atoms with Gasteiger partial charge in [0.1, 0.15) is 0 Å². The number of likely N-dealkylation sites (N-methyl/N-ethyl adjacent to an activating group) is 1. The summed E-state index contributed by atoms with van der Waals surface area (Å²) in [4.78, 5) is 25.8. The highest BCUT2D eigenvalue weighted by molar-refractivity contribution is 6.35. The first-order chi connectivity index (χ1) is 9.58. The molecule has 1 aliphatic carbocycles. The molecule has 2 atom stereocenters.